The second-order valence-corrected chi connectivity index (χ2v) is 3.83. The van der Waals surface area contributed by atoms with Gasteiger partial charge in [-0.3, -0.25) is 4.79 Å². The summed E-state index contributed by atoms with van der Waals surface area (Å²) in [4.78, 5) is 13.2. The molecule has 16 heavy (non-hydrogen) atoms. The van der Waals surface area contributed by atoms with Crippen molar-refractivity contribution in [1.29, 1.82) is 0 Å². The van der Waals surface area contributed by atoms with Crippen molar-refractivity contribution in [2.75, 3.05) is 12.3 Å². The van der Waals surface area contributed by atoms with Crippen molar-refractivity contribution in [3.63, 3.8) is 0 Å². The number of fused-ring (bicyclic) bond motifs is 1. The molecule has 0 aliphatic carbocycles. The molecule has 1 aromatic heterocycles. The molecule has 0 amide bonds. The van der Waals surface area contributed by atoms with Gasteiger partial charge in [-0.1, -0.05) is 0 Å². The Kier molecular flexibility index (Phi) is 2.81. The lowest BCUT2D eigenvalue weighted by Gasteiger charge is -1.98. The van der Waals surface area contributed by atoms with Crippen LogP contribution in [-0.4, -0.2) is 18.1 Å². The third kappa shape index (κ3) is 2.00. The smallest absolute Gasteiger partial charge is 0.293 e. The van der Waals surface area contributed by atoms with Crippen LogP contribution in [0.4, 0.5) is 5.69 Å². The van der Waals surface area contributed by atoms with Crippen molar-refractivity contribution in [1.82, 2.24) is 4.98 Å². The zero-order valence-corrected chi connectivity index (χ0v) is 9.12. The molecule has 0 unspecified atom stereocenters. The number of ether oxygens (including phenoxy) is 1. The fourth-order valence-electron chi connectivity index (χ4n) is 1.84. The molecule has 4 heteroatoms. The van der Waals surface area contributed by atoms with Crippen LogP contribution in [0.1, 0.15) is 11.3 Å². The van der Waals surface area contributed by atoms with Gasteiger partial charge in [0.15, 0.2) is 0 Å². The van der Waals surface area contributed by atoms with Gasteiger partial charge in [0.25, 0.3) is 6.47 Å². The highest BCUT2D eigenvalue weighted by molar-refractivity contribution is 5.91. The van der Waals surface area contributed by atoms with Crippen LogP contribution in [0.15, 0.2) is 18.2 Å². The summed E-state index contributed by atoms with van der Waals surface area (Å²) < 4.78 is 4.66. The maximum Gasteiger partial charge on any atom is 0.293 e. The molecule has 0 radical (unpaired) electrons. The fourth-order valence-corrected chi connectivity index (χ4v) is 1.84. The molecular weight excluding hydrogens is 204 g/mol. The van der Waals surface area contributed by atoms with Crippen LogP contribution in [-0.2, 0) is 16.0 Å². The van der Waals surface area contributed by atoms with Gasteiger partial charge < -0.3 is 15.5 Å². The van der Waals surface area contributed by atoms with Crippen molar-refractivity contribution in [3.8, 4) is 0 Å². The van der Waals surface area contributed by atoms with Crippen molar-refractivity contribution >= 4 is 23.1 Å². The third-order valence-corrected chi connectivity index (χ3v) is 2.52. The average molecular weight is 218 g/mol. The van der Waals surface area contributed by atoms with E-state index in [0.717, 1.165) is 27.8 Å². The zero-order valence-electron chi connectivity index (χ0n) is 9.12. The first-order valence-electron chi connectivity index (χ1n) is 5.13. The van der Waals surface area contributed by atoms with Crippen LogP contribution in [0.2, 0.25) is 0 Å². The lowest BCUT2D eigenvalue weighted by Crippen LogP contribution is -1.96. The molecule has 2 rings (SSSR count). The highest BCUT2D eigenvalue weighted by atomic mass is 16.5. The largest absolute Gasteiger partial charge is 0.467 e. The number of nitrogens with two attached hydrogens (primary N) is 1. The van der Waals surface area contributed by atoms with E-state index in [1.807, 2.05) is 19.1 Å². The number of carbonyl (C=O) groups excluding carboxylic acids is 1. The van der Waals surface area contributed by atoms with Crippen molar-refractivity contribution in [2.45, 2.75) is 13.3 Å². The Balaban J connectivity index is 2.29. The highest BCUT2D eigenvalue weighted by Crippen LogP contribution is 2.23. The molecule has 0 saturated carbocycles. The van der Waals surface area contributed by atoms with Crippen LogP contribution < -0.4 is 5.73 Å². The molecule has 0 saturated heterocycles. The Labute approximate surface area is 93.4 Å². The molecule has 0 aliphatic rings. The van der Waals surface area contributed by atoms with Gasteiger partial charge in [0.1, 0.15) is 0 Å². The van der Waals surface area contributed by atoms with Gasteiger partial charge in [-0.25, -0.2) is 0 Å². The highest BCUT2D eigenvalue weighted by Gasteiger charge is 2.04. The predicted molar refractivity (Wildman–Crippen MR) is 63.2 cm³/mol. The second-order valence-electron chi connectivity index (χ2n) is 3.83. The number of nitrogens with one attached hydrogen (secondary N) is 1. The number of benzene rings is 1. The predicted octanol–water partition coefficient (Wildman–Crippen LogP) is 1.77. The topological polar surface area (TPSA) is 68.1 Å². The first-order valence-corrected chi connectivity index (χ1v) is 5.13. The molecular formula is C12H14N2O2. The number of anilines is 1. The molecule has 3 N–H and O–H groups in total. The quantitative estimate of drug-likeness (QED) is 0.467. The monoisotopic (exact) mass is 218 g/mol. The van der Waals surface area contributed by atoms with Gasteiger partial charge in [-0.15, -0.1) is 0 Å². The van der Waals surface area contributed by atoms with E-state index in [-0.39, 0.29) is 0 Å². The van der Waals surface area contributed by atoms with Crippen LogP contribution in [0.25, 0.3) is 10.9 Å². The molecule has 0 fully saturated rings. The molecule has 4 nitrogen and oxygen atoms in total. The van der Waals surface area contributed by atoms with Crippen LogP contribution >= 0.6 is 0 Å². The van der Waals surface area contributed by atoms with Crippen molar-refractivity contribution < 1.29 is 9.53 Å². The van der Waals surface area contributed by atoms with Crippen LogP contribution in [0.3, 0.4) is 0 Å². The standard InChI is InChI=1S/C12H14N2O2/c1-8-4-9-6-10(2-3-16-7-15)14-12(9)11(13)5-8/h4-7,14H,2-3,13H2,1H3. The molecule has 1 heterocycles. The van der Waals surface area contributed by atoms with Crippen LogP contribution in [0.5, 0.6) is 0 Å². The number of nitrogen functional groups attached to an aromatic ring is 1. The van der Waals surface area contributed by atoms with E-state index in [9.17, 15) is 4.79 Å². The number of hydrogen-bond acceptors (Lipinski definition) is 3. The normalized spacial score (nSPS) is 10.6. The fraction of sp³-hybridized carbons (Fsp3) is 0.250. The molecule has 2 aromatic rings. The molecule has 84 valence electrons. The van der Waals surface area contributed by atoms with Crippen LogP contribution in [0, 0.1) is 6.92 Å². The maximum atomic E-state index is 10.0. The Bertz CT molecular complexity index is 517. The zero-order chi connectivity index (χ0) is 11.5. The van der Waals surface area contributed by atoms with E-state index in [4.69, 9.17) is 5.73 Å². The van der Waals surface area contributed by atoms with E-state index >= 15 is 0 Å². The van der Waals surface area contributed by atoms with Crippen molar-refractivity contribution in [2.24, 2.45) is 0 Å². The molecule has 0 spiro atoms. The summed E-state index contributed by atoms with van der Waals surface area (Å²) in [7, 11) is 0. The van der Waals surface area contributed by atoms with Crippen molar-refractivity contribution in [3.05, 3.63) is 29.5 Å². The van der Waals surface area contributed by atoms with E-state index in [1.165, 1.54) is 0 Å². The Morgan fingerprint density at radius 3 is 3.00 bits per heavy atom. The number of carbonyl (C=O) groups is 1. The number of hydrogen-bond donors (Lipinski definition) is 2. The Hall–Kier alpha value is -1.97. The van der Waals surface area contributed by atoms with E-state index < -0.39 is 0 Å². The first kappa shape index (κ1) is 10.5. The second kappa shape index (κ2) is 4.26. The minimum absolute atomic E-state index is 0.384. The molecule has 1 aromatic carbocycles. The summed E-state index contributed by atoms with van der Waals surface area (Å²) in [5, 5.41) is 1.10. The summed E-state index contributed by atoms with van der Waals surface area (Å²) in [6.45, 7) is 2.86. The maximum absolute atomic E-state index is 10.0. The minimum atomic E-state index is 0.384. The Morgan fingerprint density at radius 1 is 1.44 bits per heavy atom. The number of aromatic amines is 1. The summed E-state index contributed by atoms with van der Waals surface area (Å²) in [5.41, 5.74) is 9.77. The summed E-state index contributed by atoms with van der Waals surface area (Å²) in [6, 6.07) is 6.05. The number of H-pyrrole nitrogens is 1. The van der Waals surface area contributed by atoms with E-state index in [1.54, 1.807) is 0 Å². The third-order valence-electron chi connectivity index (χ3n) is 2.52. The van der Waals surface area contributed by atoms with Gasteiger partial charge in [-0.2, -0.15) is 0 Å². The minimum Gasteiger partial charge on any atom is -0.467 e. The van der Waals surface area contributed by atoms with Gasteiger partial charge in [-0.05, 0) is 30.7 Å². The molecule has 0 bridgehead atoms. The number of rotatable bonds is 4. The molecule has 0 aliphatic heterocycles. The average Bonchev–Trinajstić information content (AvgIpc) is 2.61. The van der Waals surface area contributed by atoms with Gasteiger partial charge in [0.05, 0.1) is 17.8 Å². The van der Waals surface area contributed by atoms with E-state index in [2.05, 4.69) is 15.8 Å². The molecule has 0 atom stereocenters. The number of aromatic nitrogens is 1. The lowest BCUT2D eigenvalue weighted by atomic mass is 10.1. The van der Waals surface area contributed by atoms with Gasteiger partial charge in [0.2, 0.25) is 0 Å². The summed E-state index contributed by atoms with van der Waals surface area (Å²) in [5.74, 6) is 0. The van der Waals surface area contributed by atoms with Gasteiger partial charge >= 0.3 is 0 Å². The van der Waals surface area contributed by atoms with E-state index in [0.29, 0.717) is 19.5 Å². The van der Waals surface area contributed by atoms with Gasteiger partial charge in [0, 0.05) is 17.5 Å². The summed E-state index contributed by atoms with van der Waals surface area (Å²) in [6.07, 6.45) is 0.673. The lowest BCUT2D eigenvalue weighted by molar-refractivity contribution is -0.128. The Morgan fingerprint density at radius 2 is 2.25 bits per heavy atom. The SMILES string of the molecule is Cc1cc(N)c2[nH]c(CCOC=O)cc2c1. The summed E-state index contributed by atoms with van der Waals surface area (Å²) >= 11 is 0. The first-order chi connectivity index (χ1) is 7.70. The number of aryl methyl sites for hydroxylation is 1.